The third-order valence-electron chi connectivity index (χ3n) is 2.71. The van der Waals surface area contributed by atoms with Gasteiger partial charge in [-0.3, -0.25) is 10.1 Å². The normalized spacial score (nSPS) is 12.3. The highest BCUT2D eigenvalue weighted by atomic mass is 16.5. The third kappa shape index (κ3) is 5.26. The van der Waals surface area contributed by atoms with Crippen LogP contribution in [0.3, 0.4) is 0 Å². The fourth-order valence-corrected chi connectivity index (χ4v) is 1.77. The first-order valence-corrected chi connectivity index (χ1v) is 6.38. The lowest BCUT2D eigenvalue weighted by Gasteiger charge is -2.18. The zero-order valence-electron chi connectivity index (χ0n) is 12.0. The van der Waals surface area contributed by atoms with Crippen molar-refractivity contribution in [3.8, 4) is 5.88 Å². The minimum absolute atomic E-state index is 0.239. The van der Waals surface area contributed by atoms with Gasteiger partial charge in [-0.1, -0.05) is 19.9 Å². The Hall–Kier alpha value is -1.62. The Bertz CT molecular complexity index is 407. The molecule has 0 saturated heterocycles. The number of methoxy groups -OCH3 is 2. The molecule has 1 heterocycles. The van der Waals surface area contributed by atoms with Crippen LogP contribution in [-0.4, -0.2) is 31.2 Å². The standard InChI is InChI=1S/C14H22N2O3/c1-10(2)8-12(14(17)19-4)15-9-11-6-5-7-13(16-11)18-3/h5-7,10,12,15H,8-9H2,1-4H3. The number of hydrogen-bond acceptors (Lipinski definition) is 5. The van der Waals surface area contributed by atoms with Gasteiger partial charge in [0, 0.05) is 12.6 Å². The average molecular weight is 266 g/mol. The first-order valence-electron chi connectivity index (χ1n) is 6.38. The molecule has 0 aliphatic rings. The van der Waals surface area contributed by atoms with Gasteiger partial charge < -0.3 is 9.47 Å². The van der Waals surface area contributed by atoms with E-state index in [0.717, 1.165) is 12.1 Å². The molecule has 1 atom stereocenters. The third-order valence-corrected chi connectivity index (χ3v) is 2.71. The largest absolute Gasteiger partial charge is 0.481 e. The highest BCUT2D eigenvalue weighted by molar-refractivity contribution is 5.75. The molecule has 1 rings (SSSR count). The molecule has 1 aromatic rings. The number of nitrogens with one attached hydrogen (secondary N) is 1. The maximum absolute atomic E-state index is 11.7. The predicted octanol–water partition coefficient (Wildman–Crippen LogP) is 1.77. The molecule has 0 amide bonds. The minimum Gasteiger partial charge on any atom is -0.481 e. The van der Waals surface area contributed by atoms with Crippen LogP contribution in [0.1, 0.15) is 26.0 Å². The molecule has 0 aromatic carbocycles. The molecule has 0 radical (unpaired) electrons. The highest BCUT2D eigenvalue weighted by Gasteiger charge is 2.19. The smallest absolute Gasteiger partial charge is 0.322 e. The molecule has 0 saturated carbocycles. The molecule has 1 unspecified atom stereocenters. The van der Waals surface area contributed by atoms with Crippen molar-refractivity contribution in [2.75, 3.05) is 14.2 Å². The molecular weight excluding hydrogens is 244 g/mol. The van der Waals surface area contributed by atoms with E-state index in [9.17, 15) is 4.79 Å². The number of hydrogen-bond donors (Lipinski definition) is 1. The second kappa shape index (κ2) is 7.74. The van der Waals surface area contributed by atoms with E-state index in [0.29, 0.717) is 18.3 Å². The van der Waals surface area contributed by atoms with Crippen LogP contribution in [0.25, 0.3) is 0 Å². The van der Waals surface area contributed by atoms with E-state index in [1.165, 1.54) is 7.11 Å². The number of carbonyl (C=O) groups is 1. The molecule has 0 fully saturated rings. The summed E-state index contributed by atoms with van der Waals surface area (Å²) in [6, 6.07) is 5.24. The molecule has 5 heteroatoms. The molecular formula is C14H22N2O3. The molecule has 5 nitrogen and oxygen atoms in total. The van der Waals surface area contributed by atoms with Crippen molar-refractivity contribution >= 4 is 5.97 Å². The van der Waals surface area contributed by atoms with Gasteiger partial charge in [-0.25, -0.2) is 4.98 Å². The molecule has 0 aliphatic carbocycles. The Morgan fingerprint density at radius 2 is 2.11 bits per heavy atom. The lowest BCUT2D eigenvalue weighted by atomic mass is 10.0. The second-order valence-corrected chi connectivity index (χ2v) is 4.76. The molecule has 0 spiro atoms. The Morgan fingerprint density at radius 3 is 2.68 bits per heavy atom. The number of carbonyl (C=O) groups excluding carboxylic acids is 1. The lowest BCUT2D eigenvalue weighted by Crippen LogP contribution is -2.38. The van der Waals surface area contributed by atoms with Crippen molar-refractivity contribution in [2.45, 2.75) is 32.9 Å². The van der Waals surface area contributed by atoms with Crippen LogP contribution in [0.5, 0.6) is 5.88 Å². The Kier molecular flexibility index (Phi) is 6.29. The zero-order valence-corrected chi connectivity index (χ0v) is 12.0. The number of pyridine rings is 1. The van der Waals surface area contributed by atoms with Crippen LogP contribution >= 0.6 is 0 Å². The van der Waals surface area contributed by atoms with Gasteiger partial charge in [-0.2, -0.15) is 0 Å². The summed E-state index contributed by atoms with van der Waals surface area (Å²) >= 11 is 0. The van der Waals surface area contributed by atoms with Crippen LogP contribution in [0.2, 0.25) is 0 Å². The maximum atomic E-state index is 11.7. The maximum Gasteiger partial charge on any atom is 0.322 e. The van der Waals surface area contributed by atoms with Gasteiger partial charge in [0.2, 0.25) is 5.88 Å². The molecule has 0 bridgehead atoms. The van der Waals surface area contributed by atoms with Gasteiger partial charge in [0.15, 0.2) is 0 Å². The summed E-state index contributed by atoms with van der Waals surface area (Å²) in [4.78, 5) is 16.0. The predicted molar refractivity (Wildman–Crippen MR) is 72.9 cm³/mol. The minimum atomic E-state index is -0.307. The summed E-state index contributed by atoms with van der Waals surface area (Å²) in [5, 5.41) is 3.18. The van der Waals surface area contributed by atoms with Crippen molar-refractivity contribution in [1.82, 2.24) is 10.3 Å². The SMILES string of the molecule is COC(=O)C(CC(C)C)NCc1cccc(OC)n1. The van der Waals surface area contributed by atoms with Crippen LogP contribution in [0.15, 0.2) is 18.2 Å². The highest BCUT2D eigenvalue weighted by Crippen LogP contribution is 2.09. The summed E-state index contributed by atoms with van der Waals surface area (Å²) in [7, 11) is 2.98. The first-order chi connectivity index (χ1) is 9.06. The lowest BCUT2D eigenvalue weighted by molar-refractivity contribution is -0.143. The number of esters is 1. The van der Waals surface area contributed by atoms with E-state index in [-0.39, 0.29) is 12.0 Å². The van der Waals surface area contributed by atoms with Crippen molar-refractivity contribution in [3.05, 3.63) is 23.9 Å². The number of aromatic nitrogens is 1. The van der Waals surface area contributed by atoms with Crippen molar-refractivity contribution < 1.29 is 14.3 Å². The van der Waals surface area contributed by atoms with E-state index < -0.39 is 0 Å². The van der Waals surface area contributed by atoms with Gasteiger partial charge in [0.25, 0.3) is 0 Å². The van der Waals surface area contributed by atoms with Crippen LogP contribution in [0.4, 0.5) is 0 Å². The Balaban J connectivity index is 2.61. The topological polar surface area (TPSA) is 60.5 Å². The fourth-order valence-electron chi connectivity index (χ4n) is 1.77. The first kappa shape index (κ1) is 15.4. The Labute approximate surface area is 114 Å². The Morgan fingerprint density at radius 1 is 1.37 bits per heavy atom. The average Bonchev–Trinajstić information content (AvgIpc) is 2.42. The quantitative estimate of drug-likeness (QED) is 0.762. The molecule has 19 heavy (non-hydrogen) atoms. The van der Waals surface area contributed by atoms with Crippen LogP contribution in [-0.2, 0) is 16.1 Å². The zero-order chi connectivity index (χ0) is 14.3. The van der Waals surface area contributed by atoms with E-state index in [1.54, 1.807) is 13.2 Å². The summed E-state index contributed by atoms with van der Waals surface area (Å²) in [6.07, 6.45) is 0.733. The van der Waals surface area contributed by atoms with Gasteiger partial charge in [0.05, 0.1) is 19.9 Å². The molecule has 106 valence electrons. The number of nitrogens with zero attached hydrogens (tertiary/aromatic N) is 1. The number of rotatable bonds is 7. The van der Waals surface area contributed by atoms with Gasteiger partial charge in [-0.05, 0) is 18.4 Å². The monoisotopic (exact) mass is 266 g/mol. The van der Waals surface area contributed by atoms with Gasteiger partial charge in [0.1, 0.15) is 6.04 Å². The van der Waals surface area contributed by atoms with Crippen molar-refractivity contribution in [3.63, 3.8) is 0 Å². The van der Waals surface area contributed by atoms with E-state index in [4.69, 9.17) is 9.47 Å². The summed E-state index contributed by atoms with van der Waals surface area (Å²) in [5.74, 6) is 0.740. The van der Waals surface area contributed by atoms with Crippen molar-refractivity contribution in [2.24, 2.45) is 5.92 Å². The molecule has 1 N–H and O–H groups in total. The van der Waals surface area contributed by atoms with Crippen LogP contribution < -0.4 is 10.1 Å². The number of ether oxygens (including phenoxy) is 2. The summed E-state index contributed by atoms with van der Waals surface area (Å²) < 4.78 is 9.86. The molecule has 1 aromatic heterocycles. The van der Waals surface area contributed by atoms with Gasteiger partial charge >= 0.3 is 5.97 Å². The van der Waals surface area contributed by atoms with E-state index in [2.05, 4.69) is 24.1 Å². The fraction of sp³-hybridized carbons (Fsp3) is 0.571. The summed E-state index contributed by atoms with van der Waals surface area (Å²) in [6.45, 7) is 4.65. The van der Waals surface area contributed by atoms with E-state index >= 15 is 0 Å². The molecule has 0 aliphatic heterocycles. The second-order valence-electron chi connectivity index (χ2n) is 4.76. The van der Waals surface area contributed by atoms with Crippen molar-refractivity contribution in [1.29, 1.82) is 0 Å². The van der Waals surface area contributed by atoms with E-state index in [1.807, 2.05) is 12.1 Å². The summed E-state index contributed by atoms with van der Waals surface area (Å²) in [5.41, 5.74) is 0.831. The van der Waals surface area contributed by atoms with Gasteiger partial charge in [-0.15, -0.1) is 0 Å². The van der Waals surface area contributed by atoms with Crippen LogP contribution in [0, 0.1) is 5.92 Å².